The zero-order valence-corrected chi connectivity index (χ0v) is 20.4. The first-order valence-corrected chi connectivity index (χ1v) is 12.4. The van der Waals surface area contributed by atoms with Crippen LogP contribution in [-0.4, -0.2) is 29.9 Å². The molecule has 5 rings (SSSR count). The molecule has 0 spiro atoms. The number of piperidine rings is 1. The van der Waals surface area contributed by atoms with Crippen molar-refractivity contribution in [3.63, 3.8) is 0 Å². The molecule has 1 fully saturated rings. The number of hydrogen-bond acceptors (Lipinski definition) is 3. The molecule has 4 aromatic rings. The van der Waals surface area contributed by atoms with E-state index >= 15 is 0 Å². The molecule has 0 unspecified atom stereocenters. The summed E-state index contributed by atoms with van der Waals surface area (Å²) in [6, 6.07) is 29.4. The SMILES string of the molecule is O=C(c1ccccc1F)N(c1ccc(F)cc1)C1CCN(Cc2cccc(Oc3ccccc3)c2)CC1. The maximum absolute atomic E-state index is 14.5. The number of hydrogen-bond donors (Lipinski definition) is 0. The molecule has 0 N–H and O–H groups in total. The van der Waals surface area contributed by atoms with Crippen LogP contribution in [0.3, 0.4) is 0 Å². The molecule has 1 saturated heterocycles. The molecule has 4 aromatic carbocycles. The van der Waals surface area contributed by atoms with Crippen LogP contribution >= 0.6 is 0 Å². The molecular weight excluding hydrogens is 470 g/mol. The van der Waals surface area contributed by atoms with E-state index in [2.05, 4.69) is 11.0 Å². The highest BCUT2D eigenvalue weighted by molar-refractivity contribution is 6.06. The standard InChI is InChI=1S/C31H28F2N2O2/c32-24-13-15-25(16-14-24)35(31(36)29-11-4-5-12-30(29)33)26-17-19-34(20-18-26)22-23-7-6-10-28(21-23)37-27-8-2-1-3-9-27/h1-16,21,26H,17-20,22H2. The van der Waals surface area contributed by atoms with Gasteiger partial charge in [0.1, 0.15) is 23.1 Å². The first-order chi connectivity index (χ1) is 18.1. The number of rotatable bonds is 7. The number of carbonyl (C=O) groups excluding carboxylic acids is 1. The van der Waals surface area contributed by atoms with E-state index in [0.717, 1.165) is 49.5 Å². The summed E-state index contributed by atoms with van der Waals surface area (Å²) < 4.78 is 34.1. The van der Waals surface area contributed by atoms with Gasteiger partial charge in [0, 0.05) is 31.4 Å². The van der Waals surface area contributed by atoms with Crippen molar-refractivity contribution >= 4 is 11.6 Å². The van der Waals surface area contributed by atoms with E-state index in [4.69, 9.17) is 4.74 Å². The fraction of sp³-hybridized carbons (Fsp3) is 0.194. The summed E-state index contributed by atoms with van der Waals surface area (Å²) in [6.45, 7) is 2.31. The van der Waals surface area contributed by atoms with Gasteiger partial charge in [0.15, 0.2) is 0 Å². The highest BCUT2D eigenvalue weighted by Crippen LogP contribution is 2.28. The molecule has 4 nitrogen and oxygen atoms in total. The monoisotopic (exact) mass is 498 g/mol. The van der Waals surface area contributed by atoms with Crippen LogP contribution in [0.5, 0.6) is 11.5 Å². The molecule has 1 aliphatic heterocycles. The van der Waals surface area contributed by atoms with Gasteiger partial charge in [0.05, 0.1) is 5.56 Å². The fourth-order valence-corrected chi connectivity index (χ4v) is 4.79. The van der Waals surface area contributed by atoms with Crippen LogP contribution in [0.1, 0.15) is 28.8 Å². The minimum absolute atomic E-state index is 0.0180. The highest BCUT2D eigenvalue weighted by Gasteiger charge is 2.31. The van der Waals surface area contributed by atoms with Crippen molar-refractivity contribution in [2.24, 2.45) is 0 Å². The van der Waals surface area contributed by atoms with E-state index < -0.39 is 11.7 Å². The molecule has 0 aromatic heterocycles. The summed E-state index contributed by atoms with van der Waals surface area (Å²) in [5.41, 5.74) is 1.73. The van der Waals surface area contributed by atoms with Gasteiger partial charge in [0.25, 0.3) is 5.91 Å². The molecule has 0 saturated carbocycles. The summed E-state index contributed by atoms with van der Waals surface area (Å²) in [4.78, 5) is 17.4. The van der Waals surface area contributed by atoms with Crippen LogP contribution in [0.4, 0.5) is 14.5 Å². The Morgan fingerprint density at radius 1 is 0.811 bits per heavy atom. The lowest BCUT2D eigenvalue weighted by Gasteiger charge is -2.38. The number of likely N-dealkylation sites (tertiary alicyclic amines) is 1. The van der Waals surface area contributed by atoms with Crippen LogP contribution < -0.4 is 9.64 Å². The quantitative estimate of drug-likeness (QED) is 0.273. The summed E-state index contributed by atoms with van der Waals surface area (Å²) >= 11 is 0. The summed E-state index contributed by atoms with van der Waals surface area (Å²) in [7, 11) is 0. The van der Waals surface area contributed by atoms with Crippen molar-refractivity contribution in [1.29, 1.82) is 0 Å². The predicted octanol–water partition coefficient (Wildman–Crippen LogP) is 7.07. The topological polar surface area (TPSA) is 32.8 Å². The Labute approximate surface area is 215 Å². The molecule has 1 heterocycles. The predicted molar refractivity (Wildman–Crippen MR) is 141 cm³/mol. The number of anilines is 1. The third kappa shape index (κ3) is 6.04. The Kier molecular flexibility index (Phi) is 7.57. The number of benzene rings is 4. The van der Waals surface area contributed by atoms with Crippen LogP contribution in [0.25, 0.3) is 0 Å². The molecule has 37 heavy (non-hydrogen) atoms. The first kappa shape index (κ1) is 24.7. The van der Waals surface area contributed by atoms with Crippen molar-refractivity contribution < 1.29 is 18.3 Å². The van der Waals surface area contributed by atoms with E-state index in [-0.39, 0.29) is 17.4 Å². The second-order valence-corrected chi connectivity index (χ2v) is 9.20. The third-order valence-electron chi connectivity index (χ3n) is 6.63. The van der Waals surface area contributed by atoms with Gasteiger partial charge in [-0.05, 0) is 79.1 Å². The molecule has 1 aliphatic rings. The maximum Gasteiger partial charge on any atom is 0.261 e. The number of nitrogens with zero attached hydrogens (tertiary/aromatic N) is 2. The number of halogens is 2. The van der Waals surface area contributed by atoms with Gasteiger partial charge in [-0.15, -0.1) is 0 Å². The number of amides is 1. The minimum atomic E-state index is -0.561. The second-order valence-electron chi connectivity index (χ2n) is 9.20. The molecule has 188 valence electrons. The first-order valence-electron chi connectivity index (χ1n) is 12.4. The third-order valence-corrected chi connectivity index (χ3v) is 6.63. The van der Waals surface area contributed by atoms with Crippen LogP contribution in [0.15, 0.2) is 103 Å². The Balaban J connectivity index is 1.28. The zero-order chi connectivity index (χ0) is 25.6. The van der Waals surface area contributed by atoms with Gasteiger partial charge in [-0.25, -0.2) is 8.78 Å². The minimum Gasteiger partial charge on any atom is -0.457 e. The van der Waals surface area contributed by atoms with Crippen molar-refractivity contribution in [2.75, 3.05) is 18.0 Å². The fourth-order valence-electron chi connectivity index (χ4n) is 4.79. The van der Waals surface area contributed by atoms with Crippen LogP contribution in [0.2, 0.25) is 0 Å². The van der Waals surface area contributed by atoms with Gasteiger partial charge in [0.2, 0.25) is 0 Å². The van der Waals surface area contributed by atoms with Crippen LogP contribution in [-0.2, 0) is 6.54 Å². The smallest absolute Gasteiger partial charge is 0.261 e. The molecule has 0 bridgehead atoms. The Morgan fingerprint density at radius 3 is 2.22 bits per heavy atom. The average molecular weight is 499 g/mol. The average Bonchev–Trinajstić information content (AvgIpc) is 2.92. The van der Waals surface area contributed by atoms with E-state index in [1.54, 1.807) is 29.2 Å². The number of carbonyl (C=O) groups is 1. The largest absolute Gasteiger partial charge is 0.457 e. The van der Waals surface area contributed by atoms with Crippen molar-refractivity contribution in [3.8, 4) is 11.5 Å². The zero-order valence-electron chi connectivity index (χ0n) is 20.4. The molecule has 0 aliphatic carbocycles. The molecule has 1 amide bonds. The molecule has 6 heteroatoms. The van der Waals surface area contributed by atoms with Gasteiger partial charge >= 0.3 is 0 Å². The van der Waals surface area contributed by atoms with Crippen LogP contribution in [0, 0.1) is 11.6 Å². The molecule has 0 atom stereocenters. The Bertz CT molecular complexity index is 1340. The van der Waals surface area contributed by atoms with Gasteiger partial charge in [-0.2, -0.15) is 0 Å². The lowest BCUT2D eigenvalue weighted by Crippen LogP contribution is -2.47. The van der Waals surface area contributed by atoms with Gasteiger partial charge in [-0.1, -0.05) is 42.5 Å². The highest BCUT2D eigenvalue weighted by atomic mass is 19.1. The molecule has 0 radical (unpaired) electrons. The van der Waals surface area contributed by atoms with Crippen molar-refractivity contribution in [3.05, 3.63) is 126 Å². The normalized spacial score (nSPS) is 14.3. The number of para-hydroxylation sites is 1. The second kappa shape index (κ2) is 11.4. The maximum atomic E-state index is 14.5. The van der Waals surface area contributed by atoms with Crippen molar-refractivity contribution in [2.45, 2.75) is 25.4 Å². The van der Waals surface area contributed by atoms with E-state index in [1.165, 1.54) is 24.3 Å². The van der Waals surface area contributed by atoms with Gasteiger partial charge in [-0.3, -0.25) is 9.69 Å². The lowest BCUT2D eigenvalue weighted by atomic mass is 10.00. The number of ether oxygens (including phenoxy) is 1. The van der Waals surface area contributed by atoms with E-state index in [1.807, 2.05) is 48.5 Å². The summed E-state index contributed by atoms with van der Waals surface area (Å²) in [5, 5.41) is 0. The Hall–Kier alpha value is -4.03. The summed E-state index contributed by atoms with van der Waals surface area (Å²) in [6.07, 6.45) is 1.44. The van der Waals surface area contributed by atoms with Gasteiger partial charge < -0.3 is 9.64 Å². The van der Waals surface area contributed by atoms with E-state index in [0.29, 0.717) is 5.69 Å². The van der Waals surface area contributed by atoms with E-state index in [9.17, 15) is 13.6 Å². The Morgan fingerprint density at radius 2 is 1.49 bits per heavy atom. The van der Waals surface area contributed by atoms with Crippen molar-refractivity contribution in [1.82, 2.24) is 4.90 Å². The lowest BCUT2D eigenvalue weighted by molar-refractivity contribution is 0.0954. The molecular formula is C31H28F2N2O2. The summed E-state index contributed by atoms with van der Waals surface area (Å²) in [5.74, 6) is 0.233.